The van der Waals surface area contributed by atoms with Crippen LogP contribution < -0.4 is 4.57 Å². The molecular formula is C35H66N+. The molecular weight excluding hydrogens is 434 g/mol. The fourth-order valence-corrected chi connectivity index (χ4v) is 5.57. The Labute approximate surface area is 228 Å². The van der Waals surface area contributed by atoms with E-state index in [1.165, 1.54) is 167 Å². The van der Waals surface area contributed by atoms with E-state index in [4.69, 9.17) is 0 Å². The molecule has 0 bridgehead atoms. The Bertz CT molecular complexity index is 532. The molecule has 0 amide bonds. The van der Waals surface area contributed by atoms with E-state index in [0.29, 0.717) is 0 Å². The summed E-state index contributed by atoms with van der Waals surface area (Å²) in [6.07, 6.45) is 41.8. The van der Waals surface area contributed by atoms with Crippen LogP contribution in [-0.2, 0) is 19.4 Å². The topological polar surface area (TPSA) is 3.88 Å². The number of nitrogens with zero attached hydrogens (tertiary/aromatic N) is 1. The smallest absolute Gasteiger partial charge is 0.171 e. The number of hydrogen-bond donors (Lipinski definition) is 0. The fraction of sp³-hybridized carbons (Fsp3) is 0.857. The zero-order valence-electron chi connectivity index (χ0n) is 25.3. The maximum atomic E-state index is 2.52. The van der Waals surface area contributed by atoms with Gasteiger partial charge in [-0.25, -0.2) is 4.57 Å². The molecule has 0 saturated heterocycles. The lowest BCUT2D eigenvalue weighted by molar-refractivity contribution is -0.694. The molecule has 1 aromatic rings. The van der Waals surface area contributed by atoms with Gasteiger partial charge in [0.25, 0.3) is 0 Å². The van der Waals surface area contributed by atoms with Crippen molar-refractivity contribution in [3.63, 3.8) is 0 Å². The van der Waals surface area contributed by atoms with E-state index >= 15 is 0 Å². The number of hydrogen-bond acceptors (Lipinski definition) is 0. The molecule has 0 aliphatic heterocycles. The minimum atomic E-state index is 1.09. The minimum absolute atomic E-state index is 1.09. The molecule has 1 heteroatoms. The van der Waals surface area contributed by atoms with Crippen molar-refractivity contribution in [2.75, 3.05) is 0 Å². The van der Waals surface area contributed by atoms with Crippen molar-refractivity contribution >= 4 is 0 Å². The molecule has 0 atom stereocenters. The van der Waals surface area contributed by atoms with Crippen LogP contribution in [0.4, 0.5) is 0 Å². The van der Waals surface area contributed by atoms with Gasteiger partial charge in [-0.05, 0) is 38.7 Å². The second kappa shape index (κ2) is 25.8. The van der Waals surface area contributed by atoms with Gasteiger partial charge in [0, 0.05) is 11.1 Å². The largest absolute Gasteiger partial charge is 0.205 e. The van der Waals surface area contributed by atoms with Gasteiger partial charge in [-0.3, -0.25) is 0 Å². The number of aromatic nitrogens is 1. The van der Waals surface area contributed by atoms with Crippen LogP contribution in [-0.4, -0.2) is 0 Å². The third-order valence-corrected chi connectivity index (χ3v) is 8.04. The first kappa shape index (κ1) is 33.2. The first-order valence-corrected chi connectivity index (χ1v) is 16.8. The van der Waals surface area contributed by atoms with E-state index in [1.54, 1.807) is 11.1 Å². The maximum Gasteiger partial charge on any atom is 0.171 e. The Morgan fingerprint density at radius 3 is 0.944 bits per heavy atom. The van der Waals surface area contributed by atoms with Crippen LogP contribution in [0.25, 0.3) is 0 Å². The van der Waals surface area contributed by atoms with Crippen LogP contribution >= 0.6 is 0 Å². The summed E-state index contributed by atoms with van der Waals surface area (Å²) in [5, 5.41) is 0. The molecule has 0 aliphatic carbocycles. The minimum Gasteiger partial charge on any atom is -0.205 e. The fourth-order valence-electron chi connectivity index (χ4n) is 5.57. The van der Waals surface area contributed by atoms with E-state index in [9.17, 15) is 0 Å². The standard InChI is InChI=1S/C35H66N/c1-4-7-9-11-13-15-17-19-21-23-25-27-29-34-31-35(33-36(6-3)32-34)30-28-26-24-22-20-18-16-14-12-10-8-5-2/h31-33H,4-30H2,1-3H3/q+1. The normalized spacial score (nSPS) is 11.4. The Hall–Kier alpha value is -0.850. The first-order valence-electron chi connectivity index (χ1n) is 16.8. The average Bonchev–Trinajstić information content (AvgIpc) is 2.89. The monoisotopic (exact) mass is 501 g/mol. The SMILES string of the molecule is CCCCCCCCCCCCCCc1cc(CCCCCCCCCCCCCC)c[n+](CC)c1. The van der Waals surface area contributed by atoms with Crippen molar-refractivity contribution < 1.29 is 4.57 Å². The Morgan fingerprint density at radius 2 is 0.667 bits per heavy atom. The van der Waals surface area contributed by atoms with Gasteiger partial charge in [0.2, 0.25) is 0 Å². The molecule has 0 saturated carbocycles. The van der Waals surface area contributed by atoms with Gasteiger partial charge < -0.3 is 0 Å². The van der Waals surface area contributed by atoms with Crippen molar-refractivity contribution in [3.8, 4) is 0 Å². The Kier molecular flexibility index (Phi) is 23.8. The molecule has 210 valence electrons. The zero-order chi connectivity index (χ0) is 25.9. The van der Waals surface area contributed by atoms with Crippen LogP contribution in [0.15, 0.2) is 18.5 Å². The van der Waals surface area contributed by atoms with Gasteiger partial charge in [-0.15, -0.1) is 0 Å². The van der Waals surface area contributed by atoms with E-state index in [-0.39, 0.29) is 0 Å². The second-order valence-corrected chi connectivity index (χ2v) is 11.7. The summed E-state index contributed by atoms with van der Waals surface area (Å²) >= 11 is 0. The molecule has 0 N–H and O–H groups in total. The quantitative estimate of drug-likeness (QED) is 0.0835. The second-order valence-electron chi connectivity index (χ2n) is 11.7. The van der Waals surface area contributed by atoms with Crippen LogP contribution in [0.2, 0.25) is 0 Å². The zero-order valence-corrected chi connectivity index (χ0v) is 25.3. The number of unbranched alkanes of at least 4 members (excludes halogenated alkanes) is 22. The molecule has 0 fully saturated rings. The summed E-state index contributed by atoms with van der Waals surface area (Å²) < 4.78 is 2.42. The highest BCUT2D eigenvalue weighted by molar-refractivity contribution is 5.15. The van der Waals surface area contributed by atoms with E-state index in [0.717, 1.165) is 6.54 Å². The van der Waals surface area contributed by atoms with Crippen molar-refractivity contribution in [1.29, 1.82) is 0 Å². The predicted molar refractivity (Wildman–Crippen MR) is 162 cm³/mol. The Morgan fingerprint density at radius 1 is 0.389 bits per heavy atom. The van der Waals surface area contributed by atoms with Gasteiger partial charge in [-0.1, -0.05) is 155 Å². The van der Waals surface area contributed by atoms with Gasteiger partial charge in [0.15, 0.2) is 12.4 Å². The van der Waals surface area contributed by atoms with Crippen LogP contribution in [0.5, 0.6) is 0 Å². The third-order valence-electron chi connectivity index (χ3n) is 8.04. The molecule has 1 heterocycles. The molecule has 1 nitrogen and oxygen atoms in total. The molecule has 1 aromatic heterocycles. The van der Waals surface area contributed by atoms with Crippen LogP contribution in [0, 0.1) is 0 Å². The lowest BCUT2D eigenvalue weighted by Gasteiger charge is -2.06. The van der Waals surface area contributed by atoms with E-state index < -0.39 is 0 Å². The number of pyridine rings is 1. The van der Waals surface area contributed by atoms with E-state index in [1.807, 2.05) is 0 Å². The maximum absolute atomic E-state index is 2.52. The van der Waals surface area contributed by atoms with Gasteiger partial charge in [-0.2, -0.15) is 0 Å². The van der Waals surface area contributed by atoms with Gasteiger partial charge >= 0.3 is 0 Å². The van der Waals surface area contributed by atoms with Crippen molar-refractivity contribution in [3.05, 3.63) is 29.6 Å². The highest BCUT2D eigenvalue weighted by atomic mass is 14.9. The highest BCUT2D eigenvalue weighted by Crippen LogP contribution is 2.16. The lowest BCUT2D eigenvalue weighted by Crippen LogP contribution is -2.32. The number of rotatable bonds is 27. The summed E-state index contributed by atoms with van der Waals surface area (Å²) in [4.78, 5) is 0. The summed E-state index contributed by atoms with van der Waals surface area (Å²) in [6.45, 7) is 7.98. The van der Waals surface area contributed by atoms with Gasteiger partial charge in [0.05, 0.1) is 0 Å². The van der Waals surface area contributed by atoms with Crippen LogP contribution in [0.1, 0.15) is 186 Å². The average molecular weight is 501 g/mol. The van der Waals surface area contributed by atoms with Crippen LogP contribution in [0.3, 0.4) is 0 Å². The molecule has 36 heavy (non-hydrogen) atoms. The highest BCUT2D eigenvalue weighted by Gasteiger charge is 2.07. The first-order chi connectivity index (χ1) is 17.8. The number of aryl methyl sites for hydroxylation is 3. The molecule has 0 spiro atoms. The summed E-state index contributed by atoms with van der Waals surface area (Å²) in [7, 11) is 0. The molecule has 0 radical (unpaired) electrons. The molecule has 0 aliphatic rings. The summed E-state index contributed by atoms with van der Waals surface area (Å²) in [6, 6.07) is 2.52. The van der Waals surface area contributed by atoms with Gasteiger partial charge in [0.1, 0.15) is 6.54 Å². The van der Waals surface area contributed by atoms with E-state index in [2.05, 4.69) is 43.8 Å². The third kappa shape index (κ3) is 20.2. The lowest BCUT2D eigenvalue weighted by atomic mass is 10.0. The molecule has 0 aromatic carbocycles. The summed E-state index contributed by atoms with van der Waals surface area (Å²) in [5.74, 6) is 0. The molecule has 1 rings (SSSR count). The summed E-state index contributed by atoms with van der Waals surface area (Å²) in [5.41, 5.74) is 3.14. The van der Waals surface area contributed by atoms with Crippen molar-refractivity contribution in [1.82, 2.24) is 0 Å². The molecule has 0 unspecified atom stereocenters. The predicted octanol–water partition coefficient (Wildman–Crippen LogP) is 11.5. The Balaban J connectivity index is 2.06. The van der Waals surface area contributed by atoms with Crippen molar-refractivity contribution in [2.45, 2.75) is 194 Å². The van der Waals surface area contributed by atoms with Crippen molar-refractivity contribution in [2.24, 2.45) is 0 Å².